The Bertz CT molecular complexity index is 1060. The van der Waals surface area contributed by atoms with E-state index in [1.165, 1.54) is 17.4 Å². The fraction of sp³-hybridized carbons (Fsp3) is 0.444. The molecule has 2 atom stereocenters. The summed E-state index contributed by atoms with van der Waals surface area (Å²) in [5, 5.41) is 13.6. The molecule has 28 heavy (non-hydrogen) atoms. The highest BCUT2D eigenvalue weighted by molar-refractivity contribution is 9.09. The molecule has 2 unspecified atom stereocenters. The largest absolute Gasteiger partial charge is 0.392 e. The van der Waals surface area contributed by atoms with Crippen molar-refractivity contribution < 1.29 is 0 Å². The van der Waals surface area contributed by atoms with Crippen molar-refractivity contribution in [3.63, 3.8) is 0 Å². The van der Waals surface area contributed by atoms with Crippen LogP contribution in [-0.4, -0.2) is 36.3 Å². The van der Waals surface area contributed by atoms with E-state index in [2.05, 4.69) is 47.1 Å². The Labute approximate surface area is 176 Å². The van der Waals surface area contributed by atoms with Gasteiger partial charge in [-0.15, -0.1) is 0 Å². The molecule has 10 heteroatoms. The summed E-state index contributed by atoms with van der Waals surface area (Å²) in [7, 11) is 0. The normalized spacial score (nSPS) is 18.8. The number of fused-ring (bicyclic) bond motifs is 1. The average Bonchev–Trinajstić information content (AvgIpc) is 3.21. The van der Waals surface area contributed by atoms with Gasteiger partial charge in [0.25, 0.3) is 5.69 Å². The van der Waals surface area contributed by atoms with Crippen LogP contribution in [0, 0.1) is 19.4 Å². The first-order chi connectivity index (χ1) is 13.5. The van der Waals surface area contributed by atoms with Crippen LogP contribution in [0.25, 0.3) is 10.5 Å². The first-order valence-corrected chi connectivity index (χ1v) is 10.6. The standard InChI is InChI=1S/C18H20BrClN8/c1-10-14(20)18-24-17(15(22-2)16(21)28(18)25-10)23-7-5-12-6-8-27(26-12)13-4-3-11(13)9-19/h6,8,11,13H,3-5,7,9,21H2,1H3,(H,23,24). The number of halogens is 2. The minimum absolute atomic E-state index is 0.229. The van der Waals surface area contributed by atoms with Gasteiger partial charge in [-0.1, -0.05) is 27.5 Å². The maximum absolute atomic E-state index is 7.45. The van der Waals surface area contributed by atoms with E-state index in [4.69, 9.17) is 29.0 Å². The zero-order valence-electron chi connectivity index (χ0n) is 15.4. The molecule has 3 heterocycles. The van der Waals surface area contributed by atoms with E-state index in [1.807, 2.05) is 6.07 Å². The van der Waals surface area contributed by atoms with E-state index < -0.39 is 0 Å². The highest BCUT2D eigenvalue weighted by atomic mass is 79.9. The molecule has 0 aliphatic heterocycles. The Kier molecular flexibility index (Phi) is 5.17. The second kappa shape index (κ2) is 7.60. The minimum Gasteiger partial charge on any atom is -0.392 e. The van der Waals surface area contributed by atoms with Crippen molar-refractivity contribution in [3.8, 4) is 0 Å². The molecule has 3 aromatic heterocycles. The number of nitrogen functional groups attached to an aromatic ring is 1. The number of nitrogens with zero attached hydrogens (tertiary/aromatic N) is 6. The van der Waals surface area contributed by atoms with Gasteiger partial charge in [-0.3, -0.25) is 4.68 Å². The maximum atomic E-state index is 7.45. The number of hydrogen-bond acceptors (Lipinski definition) is 5. The second-order valence-corrected chi connectivity index (χ2v) is 7.99. The second-order valence-electron chi connectivity index (χ2n) is 6.96. The van der Waals surface area contributed by atoms with Gasteiger partial charge >= 0.3 is 0 Å². The number of anilines is 2. The third-order valence-electron chi connectivity index (χ3n) is 5.24. The number of alkyl halides is 1. The summed E-state index contributed by atoms with van der Waals surface area (Å²) in [5.74, 6) is 1.31. The van der Waals surface area contributed by atoms with Crippen LogP contribution < -0.4 is 11.1 Å². The van der Waals surface area contributed by atoms with Crippen LogP contribution in [0.4, 0.5) is 17.3 Å². The van der Waals surface area contributed by atoms with Crippen molar-refractivity contribution in [2.45, 2.75) is 32.2 Å². The van der Waals surface area contributed by atoms with Crippen molar-refractivity contribution in [2.75, 3.05) is 22.9 Å². The Hall–Kier alpha value is -2.31. The lowest BCUT2D eigenvalue weighted by molar-refractivity contribution is 0.190. The first kappa shape index (κ1) is 19.0. The molecule has 146 valence electrons. The summed E-state index contributed by atoms with van der Waals surface area (Å²) in [5.41, 5.74) is 8.42. The highest BCUT2D eigenvalue weighted by Gasteiger charge is 2.31. The lowest BCUT2D eigenvalue weighted by Crippen LogP contribution is -2.30. The van der Waals surface area contributed by atoms with Crippen molar-refractivity contribution in [3.05, 3.63) is 40.1 Å². The van der Waals surface area contributed by atoms with Crippen molar-refractivity contribution in [1.29, 1.82) is 0 Å². The molecular formula is C18H20BrClN8. The Morgan fingerprint density at radius 3 is 2.93 bits per heavy atom. The quantitative estimate of drug-likeness (QED) is 0.425. The molecule has 0 amide bonds. The van der Waals surface area contributed by atoms with Gasteiger partial charge in [-0.2, -0.15) is 10.2 Å². The molecule has 1 aliphatic carbocycles. The van der Waals surface area contributed by atoms with E-state index in [0.29, 0.717) is 40.7 Å². The minimum atomic E-state index is 0.229. The average molecular weight is 464 g/mol. The van der Waals surface area contributed by atoms with Gasteiger partial charge in [-0.25, -0.2) is 14.3 Å². The predicted molar refractivity (Wildman–Crippen MR) is 113 cm³/mol. The first-order valence-electron chi connectivity index (χ1n) is 9.09. The van der Waals surface area contributed by atoms with Crippen LogP contribution in [0.15, 0.2) is 12.3 Å². The summed E-state index contributed by atoms with van der Waals surface area (Å²) in [6, 6.07) is 2.54. The van der Waals surface area contributed by atoms with E-state index in [9.17, 15) is 0 Å². The van der Waals surface area contributed by atoms with Crippen LogP contribution in [-0.2, 0) is 6.42 Å². The number of nitrogens with two attached hydrogens (primary N) is 1. The topological polar surface area (TPSA) is 90.4 Å². The van der Waals surface area contributed by atoms with Crippen LogP contribution >= 0.6 is 27.5 Å². The van der Waals surface area contributed by atoms with Gasteiger partial charge in [0.05, 0.1) is 24.0 Å². The SMILES string of the molecule is [C-]#[N+]c1c(NCCc2ccn(C3CCC3CBr)n2)nc2c(Cl)c(C)nn2c1N. The van der Waals surface area contributed by atoms with E-state index in [0.717, 1.165) is 17.4 Å². The molecule has 1 fully saturated rings. The number of aromatic nitrogens is 5. The molecule has 0 aromatic carbocycles. The molecule has 3 N–H and O–H groups in total. The summed E-state index contributed by atoms with van der Waals surface area (Å²) in [4.78, 5) is 7.99. The van der Waals surface area contributed by atoms with Crippen LogP contribution in [0.5, 0.6) is 0 Å². The van der Waals surface area contributed by atoms with Crippen LogP contribution in [0.3, 0.4) is 0 Å². The van der Waals surface area contributed by atoms with Crippen molar-refractivity contribution in [2.24, 2.45) is 5.92 Å². The molecule has 8 nitrogen and oxygen atoms in total. The van der Waals surface area contributed by atoms with E-state index in [-0.39, 0.29) is 11.5 Å². The fourth-order valence-corrected chi connectivity index (χ4v) is 4.37. The zero-order valence-corrected chi connectivity index (χ0v) is 17.7. The molecule has 0 radical (unpaired) electrons. The number of nitrogens with one attached hydrogen (secondary N) is 1. The lowest BCUT2D eigenvalue weighted by atomic mass is 9.81. The van der Waals surface area contributed by atoms with Gasteiger partial charge in [0.2, 0.25) is 0 Å². The fourth-order valence-electron chi connectivity index (χ4n) is 3.46. The zero-order chi connectivity index (χ0) is 19.8. The lowest BCUT2D eigenvalue weighted by Gasteiger charge is -2.35. The van der Waals surface area contributed by atoms with E-state index in [1.54, 1.807) is 6.92 Å². The maximum Gasteiger partial charge on any atom is 0.268 e. The van der Waals surface area contributed by atoms with Crippen molar-refractivity contribution in [1.82, 2.24) is 24.4 Å². The van der Waals surface area contributed by atoms with Gasteiger partial charge in [0.1, 0.15) is 16.7 Å². The van der Waals surface area contributed by atoms with Gasteiger partial charge in [0, 0.05) is 24.5 Å². The Morgan fingerprint density at radius 2 is 2.25 bits per heavy atom. The number of hydrogen-bond donors (Lipinski definition) is 2. The monoisotopic (exact) mass is 462 g/mol. The molecule has 0 bridgehead atoms. The summed E-state index contributed by atoms with van der Waals surface area (Å²) < 4.78 is 3.49. The molecule has 4 rings (SSSR count). The van der Waals surface area contributed by atoms with Crippen LogP contribution in [0.1, 0.15) is 30.3 Å². The highest BCUT2D eigenvalue weighted by Crippen LogP contribution is 2.39. The van der Waals surface area contributed by atoms with Gasteiger partial charge in [-0.05, 0) is 31.7 Å². The summed E-state index contributed by atoms with van der Waals surface area (Å²) in [6.07, 6.45) is 5.20. The Balaban J connectivity index is 1.48. The molecule has 1 saturated carbocycles. The van der Waals surface area contributed by atoms with Gasteiger partial charge in [0.15, 0.2) is 5.65 Å². The molecular weight excluding hydrogens is 444 g/mol. The smallest absolute Gasteiger partial charge is 0.268 e. The molecule has 1 aliphatic rings. The third kappa shape index (κ3) is 3.20. The van der Waals surface area contributed by atoms with E-state index >= 15 is 0 Å². The third-order valence-corrected chi connectivity index (χ3v) is 6.52. The van der Waals surface area contributed by atoms with Gasteiger partial charge < -0.3 is 11.1 Å². The summed E-state index contributed by atoms with van der Waals surface area (Å²) >= 11 is 9.84. The summed E-state index contributed by atoms with van der Waals surface area (Å²) in [6.45, 7) is 9.81. The number of aryl methyl sites for hydroxylation is 1. The van der Waals surface area contributed by atoms with Crippen molar-refractivity contribution >= 4 is 50.5 Å². The number of rotatable bonds is 6. The molecule has 0 spiro atoms. The molecule has 0 saturated heterocycles. The predicted octanol–water partition coefficient (Wildman–Crippen LogP) is 4.02. The van der Waals surface area contributed by atoms with Crippen LogP contribution in [0.2, 0.25) is 5.02 Å². The molecule has 3 aromatic rings. The Morgan fingerprint density at radius 1 is 1.43 bits per heavy atom.